The average Bonchev–Trinajstić information content (AvgIpc) is 2.32. The van der Waals surface area contributed by atoms with Gasteiger partial charge in [-0.15, -0.1) is 0 Å². The van der Waals surface area contributed by atoms with Gasteiger partial charge in [0.25, 0.3) is 0 Å². The van der Waals surface area contributed by atoms with Crippen LogP contribution < -0.4 is 15.8 Å². The number of benzene rings is 1. The van der Waals surface area contributed by atoms with Crippen molar-refractivity contribution in [2.24, 2.45) is 11.7 Å². The van der Waals surface area contributed by atoms with Gasteiger partial charge in [0.2, 0.25) is 5.91 Å². The number of hydrogen-bond acceptors (Lipinski definition) is 3. The molecule has 4 nitrogen and oxygen atoms in total. The Morgan fingerprint density at radius 1 is 1.53 bits per heavy atom. The smallest absolute Gasteiger partial charge is 0.218 e. The minimum Gasteiger partial charge on any atom is -0.493 e. The zero-order valence-corrected chi connectivity index (χ0v) is 9.98. The van der Waals surface area contributed by atoms with Crippen molar-refractivity contribution in [3.05, 3.63) is 29.8 Å². The van der Waals surface area contributed by atoms with E-state index in [2.05, 4.69) is 18.3 Å². The summed E-state index contributed by atoms with van der Waals surface area (Å²) in [7, 11) is 0. The Kier molecular flexibility index (Phi) is 3.64. The average molecular weight is 234 g/mol. The fraction of sp³-hybridized carbons (Fsp3) is 0.462. The zero-order chi connectivity index (χ0) is 12.3. The first-order valence-electron chi connectivity index (χ1n) is 5.92. The van der Waals surface area contributed by atoms with Crippen LogP contribution in [0.3, 0.4) is 0 Å². The molecule has 92 valence electrons. The lowest BCUT2D eigenvalue weighted by molar-refractivity contribution is -0.117. The lowest BCUT2D eigenvalue weighted by Gasteiger charge is -2.32. The molecule has 0 aromatic heterocycles. The number of carbonyl (C=O) groups excluding carboxylic acids is 1. The molecule has 4 heteroatoms. The molecule has 0 bridgehead atoms. The largest absolute Gasteiger partial charge is 0.493 e. The summed E-state index contributed by atoms with van der Waals surface area (Å²) in [6.07, 6.45) is 0.367. The van der Waals surface area contributed by atoms with Gasteiger partial charge in [0.05, 0.1) is 6.61 Å². The maximum absolute atomic E-state index is 10.7. The van der Waals surface area contributed by atoms with Crippen molar-refractivity contribution in [1.29, 1.82) is 0 Å². The van der Waals surface area contributed by atoms with Gasteiger partial charge in [-0.25, -0.2) is 0 Å². The van der Waals surface area contributed by atoms with Crippen molar-refractivity contribution >= 4 is 5.91 Å². The predicted molar refractivity (Wildman–Crippen MR) is 65.7 cm³/mol. The molecule has 1 amide bonds. The van der Waals surface area contributed by atoms with Crippen LogP contribution in [0.5, 0.6) is 5.75 Å². The summed E-state index contributed by atoms with van der Waals surface area (Å²) in [6.45, 7) is 3.45. The summed E-state index contributed by atoms with van der Waals surface area (Å²) in [5.41, 5.74) is 6.30. The van der Waals surface area contributed by atoms with Crippen molar-refractivity contribution in [2.75, 3.05) is 13.2 Å². The molecule has 3 N–H and O–H groups in total. The van der Waals surface area contributed by atoms with E-state index in [9.17, 15) is 4.79 Å². The van der Waals surface area contributed by atoms with Crippen LogP contribution in [0.1, 0.15) is 24.9 Å². The molecule has 1 aromatic rings. The number of para-hydroxylation sites is 1. The van der Waals surface area contributed by atoms with Crippen molar-refractivity contribution < 1.29 is 9.53 Å². The van der Waals surface area contributed by atoms with Gasteiger partial charge in [-0.3, -0.25) is 4.79 Å². The molecule has 0 spiro atoms. The summed E-state index contributed by atoms with van der Waals surface area (Å²) in [4.78, 5) is 10.7. The second-order valence-electron chi connectivity index (χ2n) is 4.47. The number of nitrogens with one attached hydrogen (secondary N) is 1. The summed E-state index contributed by atoms with van der Waals surface area (Å²) in [5.74, 6) is 1.05. The number of nitrogens with two attached hydrogens (primary N) is 1. The molecular weight excluding hydrogens is 216 g/mol. The highest BCUT2D eigenvalue weighted by Crippen LogP contribution is 2.34. The summed E-state index contributed by atoms with van der Waals surface area (Å²) < 4.78 is 5.66. The number of primary amides is 1. The Labute approximate surface area is 101 Å². The van der Waals surface area contributed by atoms with Gasteiger partial charge < -0.3 is 15.8 Å². The van der Waals surface area contributed by atoms with Crippen LogP contribution in [-0.4, -0.2) is 19.1 Å². The van der Waals surface area contributed by atoms with Crippen LogP contribution in [0.4, 0.5) is 0 Å². The normalized spacial score (nSPS) is 22.6. The number of carbonyl (C=O) groups is 1. The monoisotopic (exact) mass is 234 g/mol. The van der Waals surface area contributed by atoms with E-state index in [1.807, 2.05) is 18.2 Å². The molecule has 0 fully saturated rings. The molecule has 2 atom stereocenters. The second-order valence-corrected chi connectivity index (χ2v) is 4.47. The molecule has 0 saturated heterocycles. The Morgan fingerprint density at radius 3 is 3.06 bits per heavy atom. The van der Waals surface area contributed by atoms with E-state index in [0.717, 1.165) is 11.3 Å². The first kappa shape index (κ1) is 11.9. The Bertz CT molecular complexity index is 406. The number of amides is 1. The van der Waals surface area contributed by atoms with Crippen LogP contribution >= 0.6 is 0 Å². The van der Waals surface area contributed by atoms with Crippen molar-refractivity contribution in [3.8, 4) is 5.75 Å². The minimum absolute atomic E-state index is 0.235. The van der Waals surface area contributed by atoms with Crippen molar-refractivity contribution in [2.45, 2.75) is 19.4 Å². The second kappa shape index (κ2) is 5.19. The molecule has 0 aliphatic carbocycles. The summed E-state index contributed by atoms with van der Waals surface area (Å²) in [6, 6.07) is 8.24. The number of ether oxygens (including phenoxy) is 1. The molecule has 0 saturated carbocycles. The quantitative estimate of drug-likeness (QED) is 0.823. The number of hydrogen-bond donors (Lipinski definition) is 2. The van der Waals surface area contributed by atoms with Crippen LogP contribution in [-0.2, 0) is 4.79 Å². The Balaban J connectivity index is 2.07. The molecule has 0 radical (unpaired) electrons. The number of rotatable bonds is 4. The molecule has 1 aromatic carbocycles. The molecule has 1 heterocycles. The van der Waals surface area contributed by atoms with E-state index in [-0.39, 0.29) is 11.9 Å². The molecule has 2 rings (SSSR count). The summed E-state index contributed by atoms with van der Waals surface area (Å²) >= 11 is 0. The van der Waals surface area contributed by atoms with Gasteiger partial charge in [-0.2, -0.15) is 0 Å². The maximum Gasteiger partial charge on any atom is 0.218 e. The van der Waals surface area contributed by atoms with Crippen LogP contribution in [0.25, 0.3) is 0 Å². The minimum atomic E-state index is -0.273. The lowest BCUT2D eigenvalue weighted by Crippen LogP contribution is -2.35. The van der Waals surface area contributed by atoms with Crippen LogP contribution in [0, 0.1) is 5.92 Å². The predicted octanol–water partition coefficient (Wildman–Crippen LogP) is 1.22. The van der Waals surface area contributed by atoms with E-state index in [1.165, 1.54) is 0 Å². The summed E-state index contributed by atoms with van der Waals surface area (Å²) in [5, 5.41) is 3.38. The van der Waals surface area contributed by atoms with Crippen LogP contribution in [0.15, 0.2) is 24.3 Å². The Morgan fingerprint density at radius 2 is 2.29 bits per heavy atom. The fourth-order valence-corrected chi connectivity index (χ4v) is 2.15. The highest BCUT2D eigenvalue weighted by atomic mass is 16.5. The van der Waals surface area contributed by atoms with Crippen molar-refractivity contribution in [1.82, 2.24) is 5.32 Å². The standard InChI is InChI=1S/C13H18N2O2/c1-9-8-17-11-5-3-2-4-10(11)13(9)15-7-6-12(14)16/h2-5,9,13,15H,6-8H2,1H3,(H2,14,16). The number of fused-ring (bicyclic) bond motifs is 1. The zero-order valence-electron chi connectivity index (χ0n) is 9.98. The third-order valence-electron chi connectivity index (χ3n) is 3.06. The molecule has 17 heavy (non-hydrogen) atoms. The SMILES string of the molecule is CC1COc2ccccc2C1NCCC(N)=O. The van der Waals surface area contributed by atoms with Crippen LogP contribution in [0.2, 0.25) is 0 Å². The lowest BCUT2D eigenvalue weighted by atomic mass is 9.92. The third kappa shape index (κ3) is 2.77. The highest BCUT2D eigenvalue weighted by Gasteiger charge is 2.26. The van der Waals surface area contributed by atoms with E-state index in [4.69, 9.17) is 10.5 Å². The van der Waals surface area contributed by atoms with E-state index < -0.39 is 0 Å². The van der Waals surface area contributed by atoms with E-state index in [0.29, 0.717) is 25.5 Å². The van der Waals surface area contributed by atoms with Gasteiger partial charge in [0, 0.05) is 30.5 Å². The maximum atomic E-state index is 10.7. The van der Waals surface area contributed by atoms with Gasteiger partial charge in [0.1, 0.15) is 5.75 Å². The first-order chi connectivity index (χ1) is 8.18. The topological polar surface area (TPSA) is 64.3 Å². The van der Waals surface area contributed by atoms with Crippen molar-refractivity contribution in [3.63, 3.8) is 0 Å². The van der Waals surface area contributed by atoms with E-state index in [1.54, 1.807) is 0 Å². The Hall–Kier alpha value is -1.55. The third-order valence-corrected chi connectivity index (χ3v) is 3.06. The molecular formula is C13H18N2O2. The first-order valence-corrected chi connectivity index (χ1v) is 5.92. The van der Waals surface area contributed by atoms with Gasteiger partial charge in [-0.1, -0.05) is 25.1 Å². The molecule has 1 aliphatic rings. The molecule has 2 unspecified atom stereocenters. The fourth-order valence-electron chi connectivity index (χ4n) is 2.15. The van der Waals surface area contributed by atoms with Gasteiger partial charge >= 0.3 is 0 Å². The van der Waals surface area contributed by atoms with Gasteiger partial charge in [0.15, 0.2) is 0 Å². The van der Waals surface area contributed by atoms with E-state index >= 15 is 0 Å². The van der Waals surface area contributed by atoms with Gasteiger partial charge in [-0.05, 0) is 6.07 Å². The highest BCUT2D eigenvalue weighted by molar-refractivity contribution is 5.73. The molecule has 1 aliphatic heterocycles.